The number of nitriles is 1. The molecular formula is C13H23N. The lowest BCUT2D eigenvalue weighted by atomic mass is 10.1. The molecule has 0 radical (unpaired) electrons. The molecule has 0 fully saturated rings. The molecule has 0 rings (SSSR count). The van der Waals surface area contributed by atoms with Gasteiger partial charge in [0.1, 0.15) is 0 Å². The third-order valence-corrected chi connectivity index (χ3v) is 2.42. The monoisotopic (exact) mass is 193 g/mol. The molecule has 0 bridgehead atoms. The van der Waals surface area contributed by atoms with Crippen LogP contribution in [0.25, 0.3) is 0 Å². The summed E-state index contributed by atoms with van der Waals surface area (Å²) < 4.78 is 0. The van der Waals surface area contributed by atoms with Gasteiger partial charge in [-0.1, -0.05) is 57.9 Å². The molecule has 80 valence electrons. The summed E-state index contributed by atoms with van der Waals surface area (Å²) in [4.78, 5) is 0. The first-order valence-electron chi connectivity index (χ1n) is 5.96. The van der Waals surface area contributed by atoms with E-state index >= 15 is 0 Å². The van der Waals surface area contributed by atoms with Gasteiger partial charge in [0, 0.05) is 6.08 Å². The molecule has 0 spiro atoms. The van der Waals surface area contributed by atoms with Gasteiger partial charge in [-0.15, -0.1) is 0 Å². The Bertz CT molecular complexity index is 165. The minimum absolute atomic E-state index is 1.07. The normalized spacial score (nSPS) is 10.6. The van der Waals surface area contributed by atoms with Crippen molar-refractivity contribution in [1.29, 1.82) is 5.26 Å². The average Bonchev–Trinajstić information content (AvgIpc) is 2.21. The first-order chi connectivity index (χ1) is 6.91. The van der Waals surface area contributed by atoms with Gasteiger partial charge in [-0.05, 0) is 12.8 Å². The maximum absolute atomic E-state index is 8.25. The van der Waals surface area contributed by atoms with Crippen LogP contribution in [0.2, 0.25) is 0 Å². The summed E-state index contributed by atoms with van der Waals surface area (Å²) in [5.74, 6) is 0. The number of allylic oxidation sites excluding steroid dienone is 2. The SMILES string of the molecule is CCCCCCCCCC/C=C\C#N. The summed E-state index contributed by atoms with van der Waals surface area (Å²) in [5.41, 5.74) is 0. The first-order valence-corrected chi connectivity index (χ1v) is 5.96. The number of hydrogen-bond donors (Lipinski definition) is 0. The van der Waals surface area contributed by atoms with Gasteiger partial charge in [-0.2, -0.15) is 5.26 Å². The molecule has 1 nitrogen and oxygen atoms in total. The van der Waals surface area contributed by atoms with Crippen molar-refractivity contribution < 1.29 is 0 Å². The van der Waals surface area contributed by atoms with Crippen molar-refractivity contribution in [3.05, 3.63) is 12.2 Å². The molecule has 0 amide bonds. The Balaban J connectivity index is 2.93. The highest BCUT2D eigenvalue weighted by Gasteiger charge is 1.89. The second kappa shape index (κ2) is 12.2. The molecule has 0 aliphatic rings. The summed E-state index contributed by atoms with van der Waals surface area (Å²) in [6.45, 7) is 2.25. The van der Waals surface area contributed by atoms with E-state index in [9.17, 15) is 0 Å². The van der Waals surface area contributed by atoms with Gasteiger partial charge in [-0.25, -0.2) is 0 Å². The van der Waals surface area contributed by atoms with Crippen LogP contribution in [0.5, 0.6) is 0 Å². The summed E-state index contributed by atoms with van der Waals surface area (Å²) in [7, 11) is 0. The maximum Gasteiger partial charge on any atom is 0.0908 e. The largest absolute Gasteiger partial charge is 0.193 e. The molecular weight excluding hydrogens is 170 g/mol. The Morgan fingerprint density at radius 2 is 1.50 bits per heavy atom. The van der Waals surface area contributed by atoms with E-state index < -0.39 is 0 Å². The van der Waals surface area contributed by atoms with E-state index in [4.69, 9.17) is 5.26 Å². The van der Waals surface area contributed by atoms with Crippen LogP contribution >= 0.6 is 0 Å². The quantitative estimate of drug-likeness (QED) is 0.388. The van der Waals surface area contributed by atoms with Gasteiger partial charge >= 0.3 is 0 Å². The predicted octanol–water partition coefficient (Wildman–Crippen LogP) is 4.60. The predicted molar refractivity (Wildman–Crippen MR) is 62.0 cm³/mol. The first kappa shape index (κ1) is 13.2. The van der Waals surface area contributed by atoms with Gasteiger partial charge < -0.3 is 0 Å². The van der Waals surface area contributed by atoms with Crippen molar-refractivity contribution >= 4 is 0 Å². The molecule has 0 heterocycles. The Labute approximate surface area is 88.8 Å². The third kappa shape index (κ3) is 11.2. The Morgan fingerprint density at radius 1 is 0.929 bits per heavy atom. The van der Waals surface area contributed by atoms with Crippen molar-refractivity contribution in [3.63, 3.8) is 0 Å². The molecule has 0 saturated heterocycles. The lowest BCUT2D eigenvalue weighted by Gasteiger charge is -1.99. The zero-order valence-corrected chi connectivity index (χ0v) is 9.47. The summed E-state index contributed by atoms with van der Waals surface area (Å²) in [6.07, 6.45) is 15.5. The van der Waals surface area contributed by atoms with Gasteiger partial charge in [0.15, 0.2) is 0 Å². The fraction of sp³-hybridized carbons (Fsp3) is 0.769. The molecule has 0 aromatic heterocycles. The molecule has 0 atom stereocenters. The van der Waals surface area contributed by atoms with E-state index in [0.717, 1.165) is 6.42 Å². The molecule has 0 aliphatic heterocycles. The molecule has 0 aliphatic carbocycles. The topological polar surface area (TPSA) is 23.8 Å². The van der Waals surface area contributed by atoms with Gasteiger partial charge in [-0.3, -0.25) is 0 Å². The minimum atomic E-state index is 1.07. The van der Waals surface area contributed by atoms with Crippen LogP contribution in [0.3, 0.4) is 0 Å². The van der Waals surface area contributed by atoms with Crippen LogP contribution in [0.4, 0.5) is 0 Å². The molecule has 0 aromatic rings. The lowest BCUT2D eigenvalue weighted by molar-refractivity contribution is 0.577. The molecule has 0 N–H and O–H groups in total. The Morgan fingerprint density at radius 3 is 2.07 bits per heavy atom. The molecule has 0 saturated carbocycles. The van der Waals surface area contributed by atoms with Crippen LogP contribution < -0.4 is 0 Å². The second-order valence-corrected chi connectivity index (χ2v) is 3.80. The zero-order valence-electron chi connectivity index (χ0n) is 9.47. The number of unbranched alkanes of at least 4 members (excludes halogenated alkanes) is 8. The van der Waals surface area contributed by atoms with E-state index in [1.807, 2.05) is 12.1 Å². The zero-order chi connectivity index (χ0) is 10.5. The fourth-order valence-corrected chi connectivity index (χ4v) is 1.53. The van der Waals surface area contributed by atoms with Crippen LogP contribution in [0.1, 0.15) is 64.7 Å². The molecule has 1 heteroatoms. The summed E-state index contributed by atoms with van der Waals surface area (Å²) >= 11 is 0. The third-order valence-electron chi connectivity index (χ3n) is 2.42. The summed E-state index contributed by atoms with van der Waals surface area (Å²) in [6, 6.07) is 2.01. The van der Waals surface area contributed by atoms with Crippen molar-refractivity contribution in [2.24, 2.45) is 0 Å². The van der Waals surface area contributed by atoms with Gasteiger partial charge in [0.25, 0.3) is 0 Å². The average molecular weight is 193 g/mol. The molecule has 0 aromatic carbocycles. The smallest absolute Gasteiger partial charge is 0.0908 e. The van der Waals surface area contributed by atoms with Gasteiger partial charge in [0.2, 0.25) is 0 Å². The molecule has 0 unspecified atom stereocenters. The van der Waals surface area contributed by atoms with Crippen molar-refractivity contribution in [3.8, 4) is 6.07 Å². The highest BCUT2D eigenvalue weighted by atomic mass is 14.2. The van der Waals surface area contributed by atoms with Crippen LogP contribution in [0, 0.1) is 11.3 Å². The van der Waals surface area contributed by atoms with Crippen LogP contribution in [-0.2, 0) is 0 Å². The van der Waals surface area contributed by atoms with E-state index in [0.29, 0.717) is 0 Å². The van der Waals surface area contributed by atoms with E-state index in [1.165, 1.54) is 51.4 Å². The highest BCUT2D eigenvalue weighted by molar-refractivity contribution is 5.01. The number of nitrogens with zero attached hydrogens (tertiary/aromatic N) is 1. The van der Waals surface area contributed by atoms with Crippen LogP contribution in [-0.4, -0.2) is 0 Å². The summed E-state index contributed by atoms with van der Waals surface area (Å²) in [5, 5.41) is 8.25. The number of rotatable bonds is 9. The Kier molecular flexibility index (Phi) is 11.6. The standard InChI is InChI=1S/C13H23N/c1-2-3-4-5-6-7-8-9-10-11-12-13-14/h11-12H,2-10H2,1H3/b12-11-. The van der Waals surface area contributed by atoms with Crippen molar-refractivity contribution in [1.82, 2.24) is 0 Å². The van der Waals surface area contributed by atoms with E-state index in [2.05, 4.69) is 6.92 Å². The maximum atomic E-state index is 8.25. The Hall–Kier alpha value is -0.770. The van der Waals surface area contributed by atoms with Crippen LogP contribution in [0.15, 0.2) is 12.2 Å². The van der Waals surface area contributed by atoms with Gasteiger partial charge in [0.05, 0.1) is 6.07 Å². The van der Waals surface area contributed by atoms with Crippen molar-refractivity contribution in [2.75, 3.05) is 0 Å². The van der Waals surface area contributed by atoms with E-state index in [-0.39, 0.29) is 0 Å². The number of hydrogen-bond acceptors (Lipinski definition) is 1. The lowest BCUT2D eigenvalue weighted by Crippen LogP contribution is -1.79. The van der Waals surface area contributed by atoms with Crippen molar-refractivity contribution in [2.45, 2.75) is 64.7 Å². The highest BCUT2D eigenvalue weighted by Crippen LogP contribution is 2.09. The fourth-order valence-electron chi connectivity index (χ4n) is 1.53. The minimum Gasteiger partial charge on any atom is -0.193 e. The van der Waals surface area contributed by atoms with E-state index in [1.54, 1.807) is 6.08 Å². The molecule has 14 heavy (non-hydrogen) atoms. The second-order valence-electron chi connectivity index (χ2n) is 3.80.